The number of halogens is 4. The third-order valence-corrected chi connectivity index (χ3v) is 8.50. The molecular weight excluding hydrogens is 546 g/mol. The molecule has 0 bridgehead atoms. The third-order valence-electron chi connectivity index (χ3n) is 2.82. The van der Waals surface area contributed by atoms with E-state index in [9.17, 15) is 0 Å². The fourth-order valence-electron chi connectivity index (χ4n) is 1.85. The zero-order chi connectivity index (χ0) is 13.7. The molecule has 2 aliphatic rings. The molecule has 0 aliphatic heterocycles. The Morgan fingerprint density at radius 3 is 1.19 bits per heavy atom. The molecule has 0 saturated carbocycles. The molecule has 0 unspecified atom stereocenters. The molecule has 2 aliphatic carbocycles. The van der Waals surface area contributed by atoms with Crippen LogP contribution in [0.25, 0.3) is 0 Å². The van der Waals surface area contributed by atoms with Crippen LogP contribution in [0.4, 0.5) is 0 Å². The zero-order valence-electron chi connectivity index (χ0n) is 12.7. The van der Waals surface area contributed by atoms with Gasteiger partial charge < -0.3 is 24.8 Å². The summed E-state index contributed by atoms with van der Waals surface area (Å²) in [5, 5.41) is 2.94. The van der Waals surface area contributed by atoms with Gasteiger partial charge >= 0.3 is 26.2 Å². The van der Waals surface area contributed by atoms with E-state index in [1.54, 1.807) is 0 Å². The minimum Gasteiger partial charge on any atom is -1.00 e. The Morgan fingerprint density at radius 2 is 1.10 bits per heavy atom. The van der Waals surface area contributed by atoms with Gasteiger partial charge in [-0.15, -0.1) is 21.8 Å². The monoisotopic (exact) mass is 562 g/mol. The largest absolute Gasteiger partial charge is 4.00 e. The molecule has 0 aromatic carbocycles. The van der Waals surface area contributed by atoms with Crippen molar-refractivity contribution in [2.24, 2.45) is 0 Å². The normalized spacial score (nSPS) is 15.6. The smallest absolute Gasteiger partial charge is 1.00 e. The van der Waals surface area contributed by atoms with Gasteiger partial charge in [0, 0.05) is 17.6 Å². The van der Waals surface area contributed by atoms with Crippen molar-refractivity contribution >= 4 is 49.5 Å². The summed E-state index contributed by atoms with van der Waals surface area (Å²) < 4.78 is 2.59. The van der Waals surface area contributed by atoms with Gasteiger partial charge in [0.05, 0.1) is 0 Å². The summed E-state index contributed by atoms with van der Waals surface area (Å²) in [6.45, 7) is 9.29. The van der Waals surface area contributed by atoms with Crippen molar-refractivity contribution in [2.75, 3.05) is 0 Å². The number of allylic oxidation sites excluding steroid dienone is 8. The molecule has 0 amide bonds. The van der Waals surface area contributed by atoms with Gasteiger partial charge in [0.25, 0.3) is 0 Å². The molecule has 0 saturated heterocycles. The summed E-state index contributed by atoms with van der Waals surface area (Å²) in [6.07, 6.45) is 13.1. The Kier molecular flexibility index (Phi) is 18.7. The fourth-order valence-corrected chi connectivity index (χ4v) is 7.59. The number of rotatable bonds is 2. The van der Waals surface area contributed by atoms with Crippen molar-refractivity contribution in [1.82, 2.24) is 0 Å². The molecule has 0 nitrogen and oxygen atoms in total. The first-order chi connectivity index (χ1) is 8.43. The number of hydrogen-bond acceptors (Lipinski definition) is 0. The maximum Gasteiger partial charge on any atom is 4.00 e. The molecule has 0 radical (unpaired) electrons. The molecule has 0 spiro atoms. The Morgan fingerprint density at radius 1 is 0.810 bits per heavy atom. The first kappa shape index (κ1) is 27.7. The maximum atomic E-state index is 3.50. The van der Waals surface area contributed by atoms with Gasteiger partial charge in [0.2, 0.25) is 0 Å². The van der Waals surface area contributed by atoms with Gasteiger partial charge in [-0.2, -0.15) is 44.0 Å². The summed E-state index contributed by atoms with van der Waals surface area (Å²) in [4.78, 5) is 0. The van der Waals surface area contributed by atoms with E-state index in [2.05, 4.69) is 82.4 Å². The Bertz CT molecular complexity index is 391. The second kappa shape index (κ2) is 14.2. The van der Waals surface area contributed by atoms with E-state index in [0.717, 1.165) is 12.8 Å². The van der Waals surface area contributed by atoms with Crippen molar-refractivity contribution in [3.8, 4) is 0 Å². The zero-order valence-corrected chi connectivity index (χ0v) is 22.2. The molecule has 0 N–H and O–H groups in total. The third kappa shape index (κ3) is 9.64. The molecule has 0 aromatic heterocycles. The van der Waals surface area contributed by atoms with Crippen LogP contribution in [0.1, 0.15) is 12.8 Å². The van der Waals surface area contributed by atoms with E-state index >= 15 is 0 Å². The van der Waals surface area contributed by atoms with Crippen LogP contribution in [0.5, 0.6) is 0 Å². The first-order valence-electron chi connectivity index (χ1n) is 6.37. The van der Waals surface area contributed by atoms with Crippen molar-refractivity contribution < 1.29 is 51.0 Å². The van der Waals surface area contributed by atoms with Crippen LogP contribution in [-0.4, -0.2) is 17.6 Å². The van der Waals surface area contributed by atoms with Crippen LogP contribution in [0.15, 0.2) is 31.5 Å². The topological polar surface area (TPSA) is 0 Å². The molecular formula is C14H20Br2Cl2Si2Zr. The first-order valence-corrected chi connectivity index (χ1v) is 13.7. The van der Waals surface area contributed by atoms with E-state index in [-0.39, 0.29) is 51.0 Å². The fraction of sp³-hybridized carbons (Fsp3) is 0.429. The van der Waals surface area contributed by atoms with Gasteiger partial charge in [-0.05, 0) is 0 Å². The van der Waals surface area contributed by atoms with Crippen molar-refractivity contribution in [3.63, 3.8) is 0 Å². The summed E-state index contributed by atoms with van der Waals surface area (Å²) in [5.41, 5.74) is 0. The van der Waals surface area contributed by atoms with Crippen molar-refractivity contribution in [2.45, 2.75) is 39.0 Å². The minimum atomic E-state index is -0.590. The molecule has 7 heteroatoms. The van der Waals surface area contributed by atoms with Crippen molar-refractivity contribution in [1.29, 1.82) is 0 Å². The molecule has 0 atom stereocenters. The molecule has 116 valence electrons. The van der Waals surface area contributed by atoms with Gasteiger partial charge in [0.15, 0.2) is 0 Å². The van der Waals surface area contributed by atoms with Crippen LogP contribution in [0.3, 0.4) is 0 Å². The van der Waals surface area contributed by atoms with E-state index in [1.807, 2.05) is 0 Å². The van der Waals surface area contributed by atoms with Gasteiger partial charge in [-0.25, -0.2) is 10.4 Å². The second-order valence-electron chi connectivity index (χ2n) is 5.00. The number of hydrogen-bond donors (Lipinski definition) is 0. The standard InChI is InChI=1S/2C7H10BrSi.2ClH.Zr/c2*1-9(2)7-5-3-4-6(7)8;;;/h2*4,9H,3H2,1-2H3;2*1H;/q2*-1;;;+4/p-2. The van der Waals surface area contributed by atoms with Gasteiger partial charge in [0.1, 0.15) is 0 Å². The Labute approximate surface area is 181 Å². The van der Waals surface area contributed by atoms with E-state index in [4.69, 9.17) is 0 Å². The predicted molar refractivity (Wildman–Crippen MR) is 94.5 cm³/mol. The van der Waals surface area contributed by atoms with Crippen LogP contribution in [0, 0.1) is 12.2 Å². The molecule has 2 rings (SSSR count). The summed E-state index contributed by atoms with van der Waals surface area (Å²) >= 11 is 7.00. The summed E-state index contributed by atoms with van der Waals surface area (Å²) in [5.74, 6) is 0. The Balaban J connectivity index is -0.000000270. The van der Waals surface area contributed by atoms with Crippen LogP contribution >= 0.6 is 31.9 Å². The quantitative estimate of drug-likeness (QED) is 0.293. The summed E-state index contributed by atoms with van der Waals surface area (Å²) in [6, 6.07) is 0. The molecule has 21 heavy (non-hydrogen) atoms. The molecule has 0 fully saturated rings. The van der Waals surface area contributed by atoms with Gasteiger partial charge in [-0.1, -0.05) is 26.2 Å². The summed E-state index contributed by atoms with van der Waals surface area (Å²) in [7, 11) is -1.18. The van der Waals surface area contributed by atoms with E-state index in [1.165, 1.54) is 19.4 Å². The van der Waals surface area contributed by atoms with Crippen molar-refractivity contribution in [3.05, 3.63) is 43.7 Å². The maximum absolute atomic E-state index is 3.50. The van der Waals surface area contributed by atoms with E-state index < -0.39 is 17.6 Å². The second-order valence-corrected chi connectivity index (χ2v) is 12.5. The molecule has 0 heterocycles. The van der Waals surface area contributed by atoms with Crippen LogP contribution < -0.4 is 24.8 Å². The average molecular weight is 566 g/mol. The Hall–Kier alpha value is 1.82. The minimum absolute atomic E-state index is 0. The molecule has 0 aromatic rings. The SMILES string of the molecule is C[SiH](C)C1=[C-]CC=C1Br.C[SiH](C)C1=[C-]CC=C1Br.[Cl-].[Cl-].[Zr+4]. The average Bonchev–Trinajstić information content (AvgIpc) is 2.87. The van der Waals surface area contributed by atoms with Gasteiger partial charge in [-0.3, -0.25) is 12.2 Å². The van der Waals surface area contributed by atoms with Crippen LogP contribution in [-0.2, 0) is 26.2 Å². The van der Waals surface area contributed by atoms with Crippen LogP contribution in [0.2, 0.25) is 26.2 Å². The van der Waals surface area contributed by atoms with E-state index in [0.29, 0.717) is 0 Å². The predicted octanol–water partition coefficient (Wildman–Crippen LogP) is -1.15.